The molecule has 68 valence electrons. The van der Waals surface area contributed by atoms with E-state index in [2.05, 4.69) is 0 Å². The van der Waals surface area contributed by atoms with Gasteiger partial charge in [0, 0.05) is 12.3 Å². The van der Waals surface area contributed by atoms with Crippen LogP contribution in [-0.2, 0) is 0 Å². The molecule has 12 heavy (non-hydrogen) atoms. The fourth-order valence-corrected chi connectivity index (χ4v) is 2.50. The van der Waals surface area contributed by atoms with Crippen LogP contribution >= 0.6 is 0 Å². The summed E-state index contributed by atoms with van der Waals surface area (Å²) in [5, 5.41) is 0. The molecule has 1 aliphatic carbocycles. The highest BCUT2D eigenvalue weighted by atomic mass is 14.7. The van der Waals surface area contributed by atoms with Crippen LogP contribution in [0.1, 0.15) is 51.4 Å². The van der Waals surface area contributed by atoms with Crippen molar-refractivity contribution in [2.24, 2.45) is 10.9 Å². The van der Waals surface area contributed by atoms with Crippen LogP contribution in [-0.4, -0.2) is 12.3 Å². The number of fused-ring (bicyclic) bond motifs is 1. The topological polar surface area (TPSA) is 12.4 Å². The van der Waals surface area contributed by atoms with Crippen molar-refractivity contribution in [1.82, 2.24) is 0 Å². The molecule has 0 saturated heterocycles. The molecule has 1 aliphatic heterocycles. The average Bonchev–Trinajstić information content (AvgIpc) is 2.50. The average molecular weight is 165 g/mol. The molecule has 1 fully saturated rings. The van der Waals surface area contributed by atoms with Crippen molar-refractivity contribution >= 4 is 5.71 Å². The molecular weight excluding hydrogens is 146 g/mol. The highest BCUT2D eigenvalue weighted by Crippen LogP contribution is 2.28. The Balaban J connectivity index is 1.99. The van der Waals surface area contributed by atoms with Crippen LogP contribution < -0.4 is 0 Å². The molecule has 0 amide bonds. The molecule has 1 heteroatoms. The van der Waals surface area contributed by atoms with Crippen molar-refractivity contribution in [3.8, 4) is 0 Å². The summed E-state index contributed by atoms with van der Waals surface area (Å²) in [7, 11) is 0. The van der Waals surface area contributed by atoms with E-state index < -0.39 is 0 Å². The Kier molecular flexibility index (Phi) is 2.80. The molecule has 1 atom stereocenters. The Labute approximate surface area is 75.3 Å². The monoisotopic (exact) mass is 165 g/mol. The van der Waals surface area contributed by atoms with E-state index in [0.29, 0.717) is 0 Å². The molecule has 0 radical (unpaired) electrons. The van der Waals surface area contributed by atoms with E-state index >= 15 is 0 Å². The van der Waals surface area contributed by atoms with E-state index in [1.165, 1.54) is 51.4 Å². The van der Waals surface area contributed by atoms with Crippen molar-refractivity contribution in [3.05, 3.63) is 0 Å². The first kappa shape index (κ1) is 8.28. The molecular formula is C11H19N. The summed E-state index contributed by atoms with van der Waals surface area (Å²) in [4.78, 5) is 4.72. The van der Waals surface area contributed by atoms with Crippen LogP contribution in [0.4, 0.5) is 0 Å². The lowest BCUT2D eigenvalue weighted by molar-refractivity contribution is 0.549. The van der Waals surface area contributed by atoms with Gasteiger partial charge in [-0.15, -0.1) is 0 Å². The minimum atomic E-state index is 0.892. The SMILES string of the molecule is C1CCCC2CCCC2=NCC1. The summed E-state index contributed by atoms with van der Waals surface area (Å²) in [6.45, 7) is 1.12. The molecule has 0 spiro atoms. The van der Waals surface area contributed by atoms with Gasteiger partial charge < -0.3 is 0 Å². The maximum absolute atomic E-state index is 4.72. The summed E-state index contributed by atoms with van der Waals surface area (Å²) >= 11 is 0. The minimum Gasteiger partial charge on any atom is -0.294 e. The third-order valence-corrected chi connectivity index (χ3v) is 3.23. The zero-order valence-corrected chi connectivity index (χ0v) is 7.89. The lowest BCUT2D eigenvalue weighted by atomic mass is 9.99. The van der Waals surface area contributed by atoms with Gasteiger partial charge in [-0.25, -0.2) is 0 Å². The van der Waals surface area contributed by atoms with Crippen LogP contribution in [0.2, 0.25) is 0 Å². The third kappa shape index (κ3) is 1.88. The maximum atomic E-state index is 4.72. The highest BCUT2D eigenvalue weighted by Gasteiger charge is 2.21. The van der Waals surface area contributed by atoms with Crippen LogP contribution in [0.3, 0.4) is 0 Å². The van der Waals surface area contributed by atoms with Gasteiger partial charge in [0.2, 0.25) is 0 Å². The van der Waals surface area contributed by atoms with E-state index in [9.17, 15) is 0 Å². The number of hydrogen-bond acceptors (Lipinski definition) is 1. The molecule has 0 aromatic rings. The number of hydrogen-bond donors (Lipinski definition) is 0. The zero-order valence-electron chi connectivity index (χ0n) is 7.89. The van der Waals surface area contributed by atoms with Crippen LogP contribution in [0.15, 0.2) is 4.99 Å². The summed E-state index contributed by atoms with van der Waals surface area (Å²) in [5.74, 6) is 0.892. The molecule has 0 bridgehead atoms. The van der Waals surface area contributed by atoms with Crippen molar-refractivity contribution in [3.63, 3.8) is 0 Å². The van der Waals surface area contributed by atoms with E-state index in [1.807, 2.05) is 0 Å². The summed E-state index contributed by atoms with van der Waals surface area (Å²) < 4.78 is 0. The largest absolute Gasteiger partial charge is 0.294 e. The van der Waals surface area contributed by atoms with Gasteiger partial charge in [-0.05, 0) is 38.0 Å². The number of aliphatic imine (C=N–C) groups is 1. The Hall–Kier alpha value is -0.330. The molecule has 1 unspecified atom stereocenters. The predicted octanol–water partition coefficient (Wildman–Crippen LogP) is 3.19. The summed E-state index contributed by atoms with van der Waals surface area (Å²) in [6, 6.07) is 0. The van der Waals surface area contributed by atoms with Gasteiger partial charge in [-0.1, -0.05) is 19.3 Å². The van der Waals surface area contributed by atoms with Gasteiger partial charge in [-0.2, -0.15) is 0 Å². The number of nitrogens with zero attached hydrogens (tertiary/aromatic N) is 1. The molecule has 0 aromatic heterocycles. The smallest absolute Gasteiger partial charge is 0.0388 e. The Morgan fingerprint density at radius 2 is 1.75 bits per heavy atom. The Morgan fingerprint density at radius 3 is 2.75 bits per heavy atom. The quantitative estimate of drug-likeness (QED) is 0.522. The second kappa shape index (κ2) is 4.06. The lowest BCUT2D eigenvalue weighted by Crippen LogP contribution is -2.06. The Bertz CT molecular complexity index is 172. The first-order chi connectivity index (χ1) is 5.97. The molecule has 0 aromatic carbocycles. The van der Waals surface area contributed by atoms with Gasteiger partial charge in [-0.3, -0.25) is 4.99 Å². The normalized spacial score (nSPS) is 31.3. The van der Waals surface area contributed by atoms with Gasteiger partial charge in [0.05, 0.1) is 0 Å². The predicted molar refractivity (Wildman–Crippen MR) is 52.7 cm³/mol. The second-order valence-electron chi connectivity index (χ2n) is 4.17. The molecule has 2 aliphatic rings. The lowest BCUT2D eigenvalue weighted by Gasteiger charge is -2.08. The maximum Gasteiger partial charge on any atom is 0.0388 e. The molecule has 1 heterocycles. The van der Waals surface area contributed by atoms with E-state index in [4.69, 9.17) is 4.99 Å². The second-order valence-corrected chi connectivity index (χ2v) is 4.17. The number of rotatable bonds is 0. The summed E-state index contributed by atoms with van der Waals surface area (Å²) in [6.07, 6.45) is 11.2. The Morgan fingerprint density at radius 1 is 0.917 bits per heavy atom. The van der Waals surface area contributed by atoms with Crippen LogP contribution in [0.25, 0.3) is 0 Å². The van der Waals surface area contributed by atoms with Crippen molar-refractivity contribution in [2.45, 2.75) is 51.4 Å². The first-order valence-corrected chi connectivity index (χ1v) is 5.50. The van der Waals surface area contributed by atoms with Gasteiger partial charge >= 0.3 is 0 Å². The highest BCUT2D eigenvalue weighted by molar-refractivity contribution is 5.88. The van der Waals surface area contributed by atoms with Gasteiger partial charge in [0.25, 0.3) is 0 Å². The van der Waals surface area contributed by atoms with Crippen molar-refractivity contribution < 1.29 is 0 Å². The van der Waals surface area contributed by atoms with E-state index in [1.54, 1.807) is 5.71 Å². The van der Waals surface area contributed by atoms with E-state index in [0.717, 1.165) is 12.5 Å². The third-order valence-electron chi connectivity index (χ3n) is 3.23. The van der Waals surface area contributed by atoms with Gasteiger partial charge in [0.1, 0.15) is 0 Å². The molecule has 1 nitrogen and oxygen atoms in total. The van der Waals surface area contributed by atoms with Crippen LogP contribution in [0.5, 0.6) is 0 Å². The fourth-order valence-electron chi connectivity index (χ4n) is 2.50. The molecule has 2 rings (SSSR count). The first-order valence-electron chi connectivity index (χ1n) is 5.50. The molecule has 0 N–H and O–H groups in total. The fraction of sp³-hybridized carbons (Fsp3) is 0.909. The van der Waals surface area contributed by atoms with Crippen LogP contribution in [0, 0.1) is 5.92 Å². The molecule has 1 saturated carbocycles. The standard InChI is InChI=1S/C11H19N/c1-2-4-9-12-11-8-5-7-10(11)6-3-1/h10H,1-9H2. The van der Waals surface area contributed by atoms with Gasteiger partial charge in [0.15, 0.2) is 0 Å². The van der Waals surface area contributed by atoms with E-state index in [-0.39, 0.29) is 0 Å². The summed E-state index contributed by atoms with van der Waals surface area (Å²) in [5.41, 5.74) is 1.57. The zero-order chi connectivity index (χ0) is 8.23. The minimum absolute atomic E-state index is 0.892. The van der Waals surface area contributed by atoms with Crippen molar-refractivity contribution in [2.75, 3.05) is 6.54 Å². The van der Waals surface area contributed by atoms with Crippen molar-refractivity contribution in [1.29, 1.82) is 0 Å².